The fourth-order valence-corrected chi connectivity index (χ4v) is 3.22. The first-order chi connectivity index (χ1) is 10.9. The van der Waals surface area contributed by atoms with Crippen LogP contribution in [-0.4, -0.2) is 59.3 Å². The molecule has 1 aliphatic heterocycles. The second-order valence-corrected chi connectivity index (χ2v) is 7.03. The van der Waals surface area contributed by atoms with Crippen LogP contribution < -0.4 is 5.32 Å². The van der Waals surface area contributed by atoms with Crippen molar-refractivity contribution in [3.63, 3.8) is 0 Å². The van der Waals surface area contributed by atoms with Crippen LogP contribution in [0.5, 0.6) is 0 Å². The predicted octanol–water partition coefficient (Wildman–Crippen LogP) is 1.86. The van der Waals surface area contributed by atoms with Crippen molar-refractivity contribution in [2.45, 2.75) is 31.8 Å². The Morgan fingerprint density at radius 2 is 2.17 bits per heavy atom. The molecule has 0 radical (unpaired) electrons. The van der Waals surface area contributed by atoms with Gasteiger partial charge in [-0.25, -0.2) is 4.98 Å². The van der Waals surface area contributed by atoms with E-state index in [-0.39, 0.29) is 17.9 Å². The van der Waals surface area contributed by atoms with Crippen LogP contribution in [0, 0.1) is 5.92 Å². The van der Waals surface area contributed by atoms with Crippen LogP contribution >= 0.6 is 11.6 Å². The molecule has 6 nitrogen and oxygen atoms in total. The Balaban J connectivity index is 1.67. The predicted molar refractivity (Wildman–Crippen MR) is 88.6 cm³/mol. The Kier molecular flexibility index (Phi) is 4.19. The zero-order valence-corrected chi connectivity index (χ0v) is 14.3. The molecule has 2 amide bonds. The summed E-state index contributed by atoms with van der Waals surface area (Å²) < 4.78 is 0. The van der Waals surface area contributed by atoms with Gasteiger partial charge in [0.15, 0.2) is 0 Å². The number of rotatable bonds is 4. The van der Waals surface area contributed by atoms with E-state index >= 15 is 0 Å². The number of carbonyl (C=O) groups is 2. The van der Waals surface area contributed by atoms with Crippen LogP contribution in [0.3, 0.4) is 0 Å². The van der Waals surface area contributed by atoms with E-state index < -0.39 is 0 Å². The Bertz CT molecular complexity index is 649. The summed E-state index contributed by atoms with van der Waals surface area (Å²) in [4.78, 5) is 31.7. The van der Waals surface area contributed by atoms with Gasteiger partial charge in [-0.15, -0.1) is 0 Å². The summed E-state index contributed by atoms with van der Waals surface area (Å²) in [7, 11) is 3.36. The van der Waals surface area contributed by atoms with Crippen LogP contribution in [0.25, 0.3) is 0 Å². The van der Waals surface area contributed by atoms with Crippen molar-refractivity contribution in [2.24, 2.45) is 5.92 Å². The summed E-state index contributed by atoms with van der Waals surface area (Å²) in [6.45, 7) is 2.85. The molecule has 1 N–H and O–H groups in total. The number of hydrogen-bond donors (Lipinski definition) is 1. The normalized spacial score (nSPS) is 26.3. The summed E-state index contributed by atoms with van der Waals surface area (Å²) in [5.74, 6) is 1.17. The van der Waals surface area contributed by atoms with E-state index in [4.69, 9.17) is 11.6 Å². The average molecular weight is 337 g/mol. The lowest BCUT2D eigenvalue weighted by Gasteiger charge is -2.18. The summed E-state index contributed by atoms with van der Waals surface area (Å²) in [5.41, 5.74) is 0.446. The highest BCUT2D eigenvalue weighted by Crippen LogP contribution is 2.37. The van der Waals surface area contributed by atoms with Gasteiger partial charge in [0.25, 0.3) is 5.91 Å². The first-order valence-corrected chi connectivity index (χ1v) is 8.17. The van der Waals surface area contributed by atoms with Crippen molar-refractivity contribution in [1.82, 2.24) is 14.8 Å². The summed E-state index contributed by atoms with van der Waals surface area (Å²) >= 11 is 6.23. The first-order valence-electron chi connectivity index (χ1n) is 7.80. The molecule has 3 unspecified atom stereocenters. The lowest BCUT2D eigenvalue weighted by molar-refractivity contribution is -0.128. The lowest BCUT2D eigenvalue weighted by atomic mass is 10.2. The summed E-state index contributed by atoms with van der Waals surface area (Å²) in [6.07, 6.45) is 3.06. The number of carbonyl (C=O) groups excluding carboxylic acids is 2. The maximum atomic E-state index is 12.1. The summed E-state index contributed by atoms with van der Waals surface area (Å²) in [5, 5.41) is 3.62. The quantitative estimate of drug-likeness (QED) is 0.911. The van der Waals surface area contributed by atoms with Gasteiger partial charge in [-0.1, -0.05) is 18.5 Å². The van der Waals surface area contributed by atoms with E-state index in [1.165, 1.54) is 11.1 Å². The molecule has 7 heteroatoms. The van der Waals surface area contributed by atoms with Gasteiger partial charge >= 0.3 is 0 Å². The molecule has 0 aromatic carbocycles. The van der Waals surface area contributed by atoms with Crippen molar-refractivity contribution in [3.8, 4) is 0 Å². The average Bonchev–Trinajstić information content (AvgIpc) is 3.10. The molecule has 3 atom stereocenters. The smallest absolute Gasteiger partial charge is 0.254 e. The summed E-state index contributed by atoms with van der Waals surface area (Å²) in [6, 6.07) is 2.02. The van der Waals surface area contributed by atoms with Gasteiger partial charge in [-0.3, -0.25) is 9.59 Å². The third-order valence-corrected chi connectivity index (χ3v) is 4.75. The molecule has 3 rings (SSSR count). The van der Waals surface area contributed by atoms with Gasteiger partial charge in [0.1, 0.15) is 5.82 Å². The SMILES string of the molecule is CC1CC1N1CC(Nc2ncc(C(=O)N(C)C)cc2Cl)CC1=O. The molecule has 1 aliphatic carbocycles. The van der Waals surface area contributed by atoms with Gasteiger partial charge in [0, 0.05) is 39.3 Å². The molecular weight excluding hydrogens is 316 g/mol. The lowest BCUT2D eigenvalue weighted by Crippen LogP contribution is -2.31. The van der Waals surface area contributed by atoms with Crippen molar-refractivity contribution in [2.75, 3.05) is 26.0 Å². The number of halogens is 1. The number of amides is 2. The van der Waals surface area contributed by atoms with E-state index in [1.807, 2.05) is 4.90 Å². The highest BCUT2D eigenvalue weighted by molar-refractivity contribution is 6.33. The number of hydrogen-bond acceptors (Lipinski definition) is 4. The topological polar surface area (TPSA) is 65.5 Å². The number of anilines is 1. The standard InChI is InChI=1S/C16H21ClN4O2/c1-9-4-13(9)21-8-11(6-14(21)22)19-15-12(17)5-10(7-18-15)16(23)20(2)3/h5,7,9,11,13H,4,6,8H2,1-3H3,(H,18,19). The van der Waals surface area contributed by atoms with Crippen molar-refractivity contribution in [3.05, 3.63) is 22.8 Å². The molecule has 2 aliphatic rings. The van der Waals surface area contributed by atoms with Crippen LogP contribution in [0.2, 0.25) is 5.02 Å². The van der Waals surface area contributed by atoms with Gasteiger partial charge in [0.2, 0.25) is 5.91 Å². The van der Waals surface area contributed by atoms with E-state index in [0.717, 1.165) is 6.42 Å². The zero-order chi connectivity index (χ0) is 16.7. The monoisotopic (exact) mass is 336 g/mol. The van der Waals surface area contributed by atoms with Gasteiger partial charge in [0.05, 0.1) is 16.6 Å². The highest BCUT2D eigenvalue weighted by Gasteiger charge is 2.44. The zero-order valence-electron chi connectivity index (χ0n) is 13.5. The van der Waals surface area contributed by atoms with Crippen molar-refractivity contribution < 1.29 is 9.59 Å². The number of likely N-dealkylation sites (tertiary alicyclic amines) is 1. The Morgan fingerprint density at radius 3 is 2.74 bits per heavy atom. The minimum absolute atomic E-state index is 0.00991. The molecule has 0 spiro atoms. The molecule has 0 bridgehead atoms. The molecule has 1 saturated carbocycles. The second kappa shape index (κ2) is 6.00. The molecule has 1 aromatic heterocycles. The molecule has 1 saturated heterocycles. The Labute approximate surface area is 140 Å². The van der Waals surface area contributed by atoms with E-state index in [1.54, 1.807) is 20.2 Å². The van der Waals surface area contributed by atoms with Gasteiger partial charge in [-0.05, 0) is 18.4 Å². The number of aromatic nitrogens is 1. The van der Waals surface area contributed by atoms with E-state index in [2.05, 4.69) is 17.2 Å². The maximum absolute atomic E-state index is 12.1. The fraction of sp³-hybridized carbons (Fsp3) is 0.562. The van der Waals surface area contributed by atoms with Crippen LogP contribution in [0.4, 0.5) is 5.82 Å². The maximum Gasteiger partial charge on any atom is 0.254 e. The fourth-order valence-electron chi connectivity index (χ4n) is 3.00. The minimum Gasteiger partial charge on any atom is -0.364 e. The van der Waals surface area contributed by atoms with Gasteiger partial charge in [-0.2, -0.15) is 0 Å². The second-order valence-electron chi connectivity index (χ2n) is 6.63. The number of pyridine rings is 1. The Hall–Kier alpha value is -1.82. The Morgan fingerprint density at radius 1 is 1.48 bits per heavy atom. The van der Waals surface area contributed by atoms with Crippen LogP contribution in [0.1, 0.15) is 30.1 Å². The largest absolute Gasteiger partial charge is 0.364 e. The number of nitrogens with zero attached hydrogens (tertiary/aromatic N) is 3. The first kappa shape index (κ1) is 16.1. The molecule has 2 heterocycles. The molecule has 2 fully saturated rings. The van der Waals surface area contributed by atoms with Crippen LogP contribution in [0.15, 0.2) is 12.3 Å². The van der Waals surface area contributed by atoms with Gasteiger partial charge < -0.3 is 15.1 Å². The number of nitrogens with one attached hydrogen (secondary N) is 1. The molecular formula is C16H21ClN4O2. The van der Waals surface area contributed by atoms with Crippen molar-refractivity contribution in [1.29, 1.82) is 0 Å². The van der Waals surface area contributed by atoms with E-state index in [9.17, 15) is 9.59 Å². The molecule has 124 valence electrons. The van der Waals surface area contributed by atoms with Crippen molar-refractivity contribution >= 4 is 29.2 Å². The van der Waals surface area contributed by atoms with E-state index in [0.29, 0.717) is 41.3 Å². The molecule has 23 heavy (non-hydrogen) atoms. The molecule has 1 aromatic rings. The highest BCUT2D eigenvalue weighted by atomic mass is 35.5. The third kappa shape index (κ3) is 3.27. The minimum atomic E-state index is -0.143. The third-order valence-electron chi connectivity index (χ3n) is 4.46. The van der Waals surface area contributed by atoms with Crippen LogP contribution in [-0.2, 0) is 4.79 Å².